The Morgan fingerprint density at radius 2 is 2.42 bits per heavy atom. The number of esters is 1. The molecule has 0 aliphatic carbocycles. The fourth-order valence-corrected chi connectivity index (χ4v) is 2.78. The molecule has 1 saturated heterocycles. The van der Waals surface area contributed by atoms with E-state index in [2.05, 4.69) is 15.3 Å². The van der Waals surface area contributed by atoms with Gasteiger partial charge in [0.05, 0.1) is 12.3 Å². The molecule has 1 aliphatic heterocycles. The summed E-state index contributed by atoms with van der Waals surface area (Å²) in [6.07, 6.45) is 4.16. The highest BCUT2D eigenvalue weighted by Crippen LogP contribution is 2.29. The Morgan fingerprint density at radius 3 is 3.11 bits per heavy atom. The van der Waals surface area contributed by atoms with E-state index in [0.717, 1.165) is 16.4 Å². The van der Waals surface area contributed by atoms with Crippen LogP contribution < -0.4 is 5.32 Å². The maximum atomic E-state index is 11.7. The Labute approximate surface area is 114 Å². The summed E-state index contributed by atoms with van der Waals surface area (Å²) >= 11 is 1.47. The molecule has 19 heavy (non-hydrogen) atoms. The van der Waals surface area contributed by atoms with Crippen molar-refractivity contribution in [2.75, 3.05) is 11.9 Å². The third kappa shape index (κ3) is 2.31. The van der Waals surface area contributed by atoms with Gasteiger partial charge in [-0.2, -0.15) is 0 Å². The summed E-state index contributed by atoms with van der Waals surface area (Å²) in [6.45, 7) is 2.30. The summed E-state index contributed by atoms with van der Waals surface area (Å²) < 4.78 is 5.00. The smallest absolute Gasteiger partial charge is 0.331 e. The van der Waals surface area contributed by atoms with Gasteiger partial charge in [0.25, 0.3) is 0 Å². The lowest BCUT2D eigenvalue weighted by Crippen LogP contribution is -2.39. The molecule has 3 heterocycles. The molecule has 1 N–H and O–H groups in total. The van der Waals surface area contributed by atoms with Crippen LogP contribution in [-0.4, -0.2) is 28.1 Å². The highest BCUT2D eigenvalue weighted by molar-refractivity contribution is 7.14. The minimum atomic E-state index is -0.663. The third-order valence-electron chi connectivity index (χ3n) is 3.13. The first-order chi connectivity index (χ1) is 9.17. The van der Waals surface area contributed by atoms with Gasteiger partial charge in [0.1, 0.15) is 5.54 Å². The number of carbonyl (C=O) groups is 1. The molecule has 0 amide bonds. The lowest BCUT2D eigenvalue weighted by molar-refractivity contribution is -0.141. The fourth-order valence-electron chi connectivity index (χ4n) is 1.94. The Morgan fingerprint density at radius 1 is 1.53 bits per heavy atom. The summed E-state index contributed by atoms with van der Waals surface area (Å²) in [4.78, 5) is 20.2. The lowest BCUT2D eigenvalue weighted by atomic mass is 10.0. The summed E-state index contributed by atoms with van der Waals surface area (Å²) in [7, 11) is 0. The monoisotopic (exact) mass is 275 g/mol. The standard InChI is InChI=1S/C13H13N3O2S/c1-13(4-6-18-11(13)17)16-12-15-10(8-19-12)9-3-2-5-14-7-9/h2-3,5,7-8H,4,6H2,1H3,(H,15,16). The molecule has 6 heteroatoms. The second kappa shape index (κ2) is 4.62. The number of rotatable bonds is 3. The number of cyclic esters (lactones) is 1. The largest absolute Gasteiger partial charge is 0.464 e. The second-order valence-electron chi connectivity index (χ2n) is 4.62. The van der Waals surface area contributed by atoms with Gasteiger partial charge in [-0.3, -0.25) is 4.98 Å². The first-order valence-corrected chi connectivity index (χ1v) is 6.87. The molecule has 0 spiro atoms. The van der Waals surface area contributed by atoms with Gasteiger partial charge in [0.15, 0.2) is 5.13 Å². The third-order valence-corrected chi connectivity index (χ3v) is 3.89. The molecule has 1 aliphatic rings. The van der Waals surface area contributed by atoms with Crippen molar-refractivity contribution in [2.45, 2.75) is 18.9 Å². The van der Waals surface area contributed by atoms with E-state index < -0.39 is 5.54 Å². The van der Waals surface area contributed by atoms with Crippen molar-refractivity contribution >= 4 is 22.4 Å². The highest BCUT2D eigenvalue weighted by atomic mass is 32.1. The lowest BCUT2D eigenvalue weighted by Gasteiger charge is -2.19. The van der Waals surface area contributed by atoms with Crippen molar-refractivity contribution < 1.29 is 9.53 Å². The zero-order valence-corrected chi connectivity index (χ0v) is 11.2. The van der Waals surface area contributed by atoms with Crippen LogP contribution in [0.3, 0.4) is 0 Å². The molecule has 1 atom stereocenters. The van der Waals surface area contributed by atoms with Crippen LogP contribution in [-0.2, 0) is 9.53 Å². The van der Waals surface area contributed by atoms with Crippen LogP contribution in [0.4, 0.5) is 5.13 Å². The molecular formula is C13H13N3O2S. The Hall–Kier alpha value is -1.95. The molecule has 0 aromatic carbocycles. The number of pyridine rings is 1. The average Bonchev–Trinajstić information content (AvgIpc) is 2.99. The number of nitrogens with one attached hydrogen (secondary N) is 1. The van der Waals surface area contributed by atoms with E-state index in [9.17, 15) is 4.79 Å². The van der Waals surface area contributed by atoms with Gasteiger partial charge >= 0.3 is 5.97 Å². The van der Waals surface area contributed by atoms with Crippen LogP contribution in [0.15, 0.2) is 29.9 Å². The van der Waals surface area contributed by atoms with Crippen LogP contribution in [0.5, 0.6) is 0 Å². The van der Waals surface area contributed by atoms with E-state index in [0.29, 0.717) is 13.0 Å². The number of hydrogen-bond acceptors (Lipinski definition) is 6. The van der Waals surface area contributed by atoms with E-state index in [1.54, 1.807) is 12.4 Å². The zero-order chi connectivity index (χ0) is 13.3. The quantitative estimate of drug-likeness (QED) is 0.871. The maximum absolute atomic E-state index is 11.7. The molecule has 2 aromatic heterocycles. The first kappa shape index (κ1) is 12.1. The maximum Gasteiger partial charge on any atom is 0.331 e. The molecule has 2 aromatic rings. The molecule has 0 bridgehead atoms. The van der Waals surface area contributed by atoms with Gasteiger partial charge in [0.2, 0.25) is 0 Å². The van der Waals surface area contributed by atoms with E-state index >= 15 is 0 Å². The van der Waals surface area contributed by atoms with Crippen molar-refractivity contribution in [1.29, 1.82) is 0 Å². The van der Waals surface area contributed by atoms with Crippen molar-refractivity contribution in [3.05, 3.63) is 29.9 Å². The number of aromatic nitrogens is 2. The van der Waals surface area contributed by atoms with Crippen LogP contribution in [0.1, 0.15) is 13.3 Å². The Kier molecular flexibility index (Phi) is 2.94. The minimum Gasteiger partial charge on any atom is -0.464 e. The number of hydrogen-bond donors (Lipinski definition) is 1. The summed E-state index contributed by atoms with van der Waals surface area (Å²) in [6, 6.07) is 3.83. The van der Waals surface area contributed by atoms with Crippen molar-refractivity contribution in [3.63, 3.8) is 0 Å². The second-order valence-corrected chi connectivity index (χ2v) is 5.48. The topological polar surface area (TPSA) is 64.1 Å². The van der Waals surface area contributed by atoms with E-state index in [-0.39, 0.29) is 5.97 Å². The Bertz CT molecular complexity index is 599. The first-order valence-electron chi connectivity index (χ1n) is 5.99. The molecule has 0 saturated carbocycles. The van der Waals surface area contributed by atoms with Crippen molar-refractivity contribution in [1.82, 2.24) is 9.97 Å². The van der Waals surface area contributed by atoms with Crippen molar-refractivity contribution in [3.8, 4) is 11.3 Å². The zero-order valence-electron chi connectivity index (χ0n) is 10.4. The molecule has 98 valence electrons. The van der Waals surface area contributed by atoms with Gasteiger partial charge in [0, 0.05) is 29.8 Å². The van der Waals surface area contributed by atoms with Gasteiger partial charge in [-0.05, 0) is 19.1 Å². The van der Waals surface area contributed by atoms with Gasteiger partial charge in [-0.25, -0.2) is 9.78 Å². The predicted molar refractivity (Wildman–Crippen MR) is 72.9 cm³/mol. The highest BCUT2D eigenvalue weighted by Gasteiger charge is 2.40. The SMILES string of the molecule is CC1(Nc2nc(-c3cccnc3)cs2)CCOC1=O. The minimum absolute atomic E-state index is 0.217. The van der Waals surface area contributed by atoms with Crippen LogP contribution in [0.2, 0.25) is 0 Å². The molecule has 1 unspecified atom stereocenters. The summed E-state index contributed by atoms with van der Waals surface area (Å²) in [5.74, 6) is -0.217. The van der Waals surface area contributed by atoms with Gasteiger partial charge in [-0.15, -0.1) is 11.3 Å². The Balaban J connectivity index is 1.81. The predicted octanol–water partition coefficient (Wildman–Crippen LogP) is 2.32. The number of nitrogens with zero attached hydrogens (tertiary/aromatic N) is 2. The van der Waals surface area contributed by atoms with Crippen LogP contribution in [0.25, 0.3) is 11.3 Å². The van der Waals surface area contributed by atoms with Gasteiger partial charge in [-0.1, -0.05) is 0 Å². The number of thiazole rings is 1. The fraction of sp³-hybridized carbons (Fsp3) is 0.308. The number of ether oxygens (including phenoxy) is 1. The normalized spacial score (nSPS) is 22.3. The average molecular weight is 275 g/mol. The number of carbonyl (C=O) groups excluding carboxylic acids is 1. The molecular weight excluding hydrogens is 262 g/mol. The molecule has 1 fully saturated rings. The van der Waals surface area contributed by atoms with Crippen LogP contribution in [0, 0.1) is 0 Å². The van der Waals surface area contributed by atoms with Crippen LogP contribution >= 0.6 is 11.3 Å². The van der Waals surface area contributed by atoms with E-state index in [4.69, 9.17) is 4.74 Å². The molecule has 0 radical (unpaired) electrons. The summed E-state index contributed by atoms with van der Waals surface area (Å²) in [5.41, 5.74) is 1.16. The molecule has 3 rings (SSSR count). The number of anilines is 1. The van der Waals surface area contributed by atoms with Crippen molar-refractivity contribution in [2.24, 2.45) is 0 Å². The summed E-state index contributed by atoms with van der Waals surface area (Å²) in [5, 5.41) is 5.84. The molecule has 5 nitrogen and oxygen atoms in total. The van der Waals surface area contributed by atoms with Gasteiger partial charge < -0.3 is 10.1 Å². The van der Waals surface area contributed by atoms with E-state index in [1.807, 2.05) is 24.4 Å². The van der Waals surface area contributed by atoms with E-state index in [1.165, 1.54) is 11.3 Å².